The Morgan fingerprint density at radius 3 is 2.41 bits per heavy atom. The predicted octanol–water partition coefficient (Wildman–Crippen LogP) is 2.31. The Morgan fingerprint density at radius 1 is 1.09 bits per heavy atom. The molecule has 1 amide bonds. The van der Waals surface area contributed by atoms with Crippen molar-refractivity contribution in [1.82, 2.24) is 5.32 Å². The molecule has 1 aliphatic carbocycles. The molecule has 0 atom stereocenters. The molecule has 4 nitrogen and oxygen atoms in total. The molecule has 0 spiro atoms. The van der Waals surface area contributed by atoms with Crippen LogP contribution in [0.4, 0.5) is 8.78 Å². The predicted molar refractivity (Wildman–Crippen MR) is 78.3 cm³/mol. The highest BCUT2D eigenvalue weighted by Crippen LogP contribution is 2.17. The molecule has 1 aromatic rings. The molecular weight excluding hydrogens is 290 g/mol. The fourth-order valence-electron chi connectivity index (χ4n) is 2.60. The first-order chi connectivity index (χ1) is 10.5. The number of ketones is 1. The monoisotopic (exact) mass is 310 g/mol. The quantitative estimate of drug-likeness (QED) is 0.820. The van der Waals surface area contributed by atoms with Crippen LogP contribution in [0.2, 0.25) is 0 Å². The van der Waals surface area contributed by atoms with Crippen LogP contribution >= 0.6 is 0 Å². The number of nitrogens with two attached hydrogens (primary N) is 1. The fourth-order valence-corrected chi connectivity index (χ4v) is 2.60. The maximum atomic E-state index is 13.1. The fraction of sp³-hybridized carbons (Fsp3) is 0.500. The second-order valence-electron chi connectivity index (χ2n) is 5.73. The summed E-state index contributed by atoms with van der Waals surface area (Å²) in [4.78, 5) is 23.7. The van der Waals surface area contributed by atoms with Gasteiger partial charge in [0, 0.05) is 30.5 Å². The van der Waals surface area contributed by atoms with E-state index >= 15 is 0 Å². The van der Waals surface area contributed by atoms with Crippen LogP contribution in [-0.4, -0.2) is 23.8 Å². The van der Waals surface area contributed by atoms with Gasteiger partial charge in [0.25, 0.3) is 0 Å². The molecule has 0 bridgehead atoms. The van der Waals surface area contributed by atoms with Gasteiger partial charge in [-0.3, -0.25) is 9.59 Å². The Labute approximate surface area is 128 Å². The van der Waals surface area contributed by atoms with E-state index in [1.54, 1.807) is 0 Å². The van der Waals surface area contributed by atoms with Crippen molar-refractivity contribution in [3.05, 3.63) is 35.4 Å². The molecule has 0 heterocycles. The van der Waals surface area contributed by atoms with E-state index in [0.717, 1.165) is 37.8 Å². The first-order valence-electron chi connectivity index (χ1n) is 7.49. The van der Waals surface area contributed by atoms with E-state index in [1.807, 2.05) is 0 Å². The first-order valence-corrected chi connectivity index (χ1v) is 7.49. The molecule has 1 saturated carbocycles. The number of amides is 1. The summed E-state index contributed by atoms with van der Waals surface area (Å²) < 4.78 is 25.9. The second-order valence-corrected chi connectivity index (χ2v) is 5.73. The maximum Gasteiger partial charge on any atom is 0.220 e. The average molecular weight is 310 g/mol. The normalized spacial score (nSPS) is 21.4. The third-order valence-electron chi connectivity index (χ3n) is 3.96. The van der Waals surface area contributed by atoms with Crippen LogP contribution in [0.15, 0.2) is 18.2 Å². The number of Topliss-reactive ketones (excluding diaryl/α,β-unsaturated/α-hetero) is 1. The molecule has 1 fully saturated rings. The van der Waals surface area contributed by atoms with Crippen LogP contribution in [0.1, 0.15) is 48.9 Å². The number of carbonyl (C=O) groups is 2. The zero-order valence-electron chi connectivity index (χ0n) is 12.3. The Balaban J connectivity index is 1.78. The number of carbonyl (C=O) groups excluding carboxylic acids is 2. The van der Waals surface area contributed by atoms with Gasteiger partial charge in [-0.2, -0.15) is 0 Å². The zero-order chi connectivity index (χ0) is 16.1. The number of halogens is 2. The Hall–Kier alpha value is -1.82. The smallest absolute Gasteiger partial charge is 0.220 e. The molecule has 0 unspecified atom stereocenters. The van der Waals surface area contributed by atoms with Crippen molar-refractivity contribution < 1.29 is 18.4 Å². The molecule has 6 heteroatoms. The standard InChI is InChI=1S/C16H20F2N2O2/c17-13-6-1-10(9-14(13)18)15(21)7-8-16(22)20-12-4-2-11(19)3-5-12/h1,6,9,11-12H,2-5,7-8,19H2,(H,20,22). The van der Waals surface area contributed by atoms with Gasteiger partial charge >= 0.3 is 0 Å². The van der Waals surface area contributed by atoms with Gasteiger partial charge in [-0.05, 0) is 43.9 Å². The summed E-state index contributed by atoms with van der Waals surface area (Å²) >= 11 is 0. The van der Waals surface area contributed by atoms with Gasteiger partial charge in [0.15, 0.2) is 17.4 Å². The molecular formula is C16H20F2N2O2. The van der Waals surface area contributed by atoms with Crippen molar-refractivity contribution in [1.29, 1.82) is 0 Å². The third-order valence-corrected chi connectivity index (χ3v) is 3.96. The van der Waals surface area contributed by atoms with Gasteiger partial charge < -0.3 is 11.1 Å². The average Bonchev–Trinajstić information content (AvgIpc) is 2.50. The van der Waals surface area contributed by atoms with Crippen molar-refractivity contribution in [2.24, 2.45) is 5.73 Å². The number of nitrogens with one attached hydrogen (secondary N) is 1. The molecule has 1 aromatic carbocycles. The molecule has 0 radical (unpaired) electrons. The summed E-state index contributed by atoms with van der Waals surface area (Å²) in [6, 6.07) is 3.32. The molecule has 2 rings (SSSR count). The van der Waals surface area contributed by atoms with E-state index in [2.05, 4.69) is 5.32 Å². The molecule has 120 valence electrons. The largest absolute Gasteiger partial charge is 0.353 e. The molecule has 1 aliphatic rings. The van der Waals surface area contributed by atoms with Gasteiger partial charge in [-0.25, -0.2) is 8.78 Å². The van der Waals surface area contributed by atoms with Crippen molar-refractivity contribution in [2.45, 2.75) is 50.6 Å². The van der Waals surface area contributed by atoms with Crippen LogP contribution in [-0.2, 0) is 4.79 Å². The SMILES string of the molecule is NC1CCC(NC(=O)CCC(=O)c2ccc(F)c(F)c2)CC1. The van der Waals surface area contributed by atoms with E-state index in [4.69, 9.17) is 5.73 Å². The summed E-state index contributed by atoms with van der Waals surface area (Å²) in [5.74, 6) is -2.63. The first kappa shape index (κ1) is 16.5. The van der Waals surface area contributed by atoms with Gasteiger partial charge in [-0.15, -0.1) is 0 Å². The molecule has 22 heavy (non-hydrogen) atoms. The Bertz CT molecular complexity index is 555. The summed E-state index contributed by atoms with van der Waals surface area (Å²) in [6.45, 7) is 0. The van der Waals surface area contributed by atoms with E-state index in [-0.39, 0.29) is 42.2 Å². The van der Waals surface area contributed by atoms with E-state index in [0.29, 0.717) is 0 Å². The summed E-state index contributed by atoms with van der Waals surface area (Å²) in [5, 5.41) is 2.89. The third kappa shape index (κ3) is 4.59. The van der Waals surface area contributed by atoms with Crippen LogP contribution in [0, 0.1) is 11.6 Å². The summed E-state index contributed by atoms with van der Waals surface area (Å²) in [7, 11) is 0. The van der Waals surface area contributed by atoms with Crippen LogP contribution in [0.25, 0.3) is 0 Å². The van der Waals surface area contributed by atoms with Gasteiger partial charge in [-0.1, -0.05) is 0 Å². The maximum absolute atomic E-state index is 13.1. The topological polar surface area (TPSA) is 72.2 Å². The molecule has 0 aliphatic heterocycles. The van der Waals surface area contributed by atoms with E-state index < -0.39 is 11.6 Å². The lowest BCUT2D eigenvalue weighted by Crippen LogP contribution is -2.40. The van der Waals surface area contributed by atoms with Crippen LogP contribution in [0.5, 0.6) is 0 Å². The summed E-state index contributed by atoms with van der Waals surface area (Å²) in [6.07, 6.45) is 3.50. The highest BCUT2D eigenvalue weighted by Gasteiger charge is 2.20. The van der Waals surface area contributed by atoms with Crippen molar-refractivity contribution in [3.63, 3.8) is 0 Å². The van der Waals surface area contributed by atoms with Crippen LogP contribution in [0.3, 0.4) is 0 Å². The van der Waals surface area contributed by atoms with Gasteiger partial charge in [0.2, 0.25) is 5.91 Å². The zero-order valence-corrected chi connectivity index (χ0v) is 12.3. The Morgan fingerprint density at radius 2 is 1.77 bits per heavy atom. The number of hydrogen-bond donors (Lipinski definition) is 2. The highest BCUT2D eigenvalue weighted by atomic mass is 19.2. The highest BCUT2D eigenvalue weighted by molar-refractivity contribution is 5.97. The van der Waals surface area contributed by atoms with Crippen molar-refractivity contribution in [3.8, 4) is 0 Å². The van der Waals surface area contributed by atoms with E-state index in [9.17, 15) is 18.4 Å². The lowest BCUT2D eigenvalue weighted by molar-refractivity contribution is -0.122. The number of hydrogen-bond acceptors (Lipinski definition) is 3. The lowest BCUT2D eigenvalue weighted by atomic mass is 9.91. The van der Waals surface area contributed by atoms with Crippen molar-refractivity contribution >= 4 is 11.7 Å². The van der Waals surface area contributed by atoms with Gasteiger partial charge in [0.05, 0.1) is 0 Å². The van der Waals surface area contributed by atoms with Gasteiger partial charge in [0.1, 0.15) is 0 Å². The number of benzene rings is 1. The Kier molecular flexibility index (Phi) is 5.60. The second kappa shape index (κ2) is 7.45. The minimum Gasteiger partial charge on any atom is -0.353 e. The van der Waals surface area contributed by atoms with Crippen molar-refractivity contribution in [2.75, 3.05) is 0 Å². The number of rotatable bonds is 5. The molecule has 0 aromatic heterocycles. The molecule has 0 saturated heterocycles. The molecule has 3 N–H and O–H groups in total. The van der Waals surface area contributed by atoms with E-state index in [1.165, 1.54) is 6.07 Å². The summed E-state index contributed by atoms with van der Waals surface area (Å²) in [5.41, 5.74) is 5.88. The minimum absolute atomic E-state index is 0.0247. The minimum atomic E-state index is -1.06. The van der Waals surface area contributed by atoms with Crippen LogP contribution < -0.4 is 11.1 Å². The lowest BCUT2D eigenvalue weighted by Gasteiger charge is -2.26.